The van der Waals surface area contributed by atoms with Crippen LogP contribution in [-0.2, 0) is 6.42 Å². The van der Waals surface area contributed by atoms with E-state index in [-0.39, 0.29) is 11.9 Å². The molecule has 1 N–H and O–H groups in total. The zero-order valence-electron chi connectivity index (χ0n) is 14.6. The van der Waals surface area contributed by atoms with E-state index in [9.17, 15) is 4.79 Å². The number of fused-ring (bicyclic) bond motifs is 1. The molecule has 0 saturated heterocycles. The van der Waals surface area contributed by atoms with Crippen LogP contribution < -0.4 is 10.2 Å². The van der Waals surface area contributed by atoms with Gasteiger partial charge in [0.05, 0.1) is 12.4 Å². The van der Waals surface area contributed by atoms with Gasteiger partial charge in [0.15, 0.2) is 5.82 Å². The van der Waals surface area contributed by atoms with E-state index in [2.05, 4.69) is 45.3 Å². The van der Waals surface area contributed by atoms with Crippen molar-refractivity contribution in [2.45, 2.75) is 57.5 Å². The van der Waals surface area contributed by atoms with Crippen molar-refractivity contribution in [3.8, 4) is 0 Å². The molecule has 5 nitrogen and oxygen atoms in total. The standard InChI is InChI=1S/C20H24N4O/c1-14-11-15-7-5-6-10-18(15)24(14)19-13-21-17(12-22-19)20(25)23-16-8-3-2-4-9-16/h5-7,10,12-14,16H,2-4,8-9,11H2,1H3,(H,23,25). The lowest BCUT2D eigenvalue weighted by molar-refractivity contribution is 0.0922. The van der Waals surface area contributed by atoms with Gasteiger partial charge in [-0.2, -0.15) is 0 Å². The van der Waals surface area contributed by atoms with Gasteiger partial charge in [-0.25, -0.2) is 9.97 Å². The van der Waals surface area contributed by atoms with Crippen LogP contribution in [0.1, 0.15) is 55.1 Å². The molecule has 5 heteroatoms. The minimum atomic E-state index is -0.110. The fourth-order valence-electron chi connectivity index (χ4n) is 3.98. The van der Waals surface area contributed by atoms with Gasteiger partial charge in [0.1, 0.15) is 5.69 Å². The second kappa shape index (κ2) is 6.82. The van der Waals surface area contributed by atoms with Crippen molar-refractivity contribution in [3.05, 3.63) is 47.9 Å². The number of rotatable bonds is 3. The van der Waals surface area contributed by atoms with E-state index < -0.39 is 0 Å². The predicted octanol–water partition coefficient (Wildman–Crippen LogP) is 3.62. The number of hydrogen-bond acceptors (Lipinski definition) is 4. The average molecular weight is 336 g/mol. The van der Waals surface area contributed by atoms with Crippen LogP contribution in [0.25, 0.3) is 0 Å². The molecule has 2 aromatic rings. The molecule has 1 amide bonds. The van der Waals surface area contributed by atoms with Crippen LogP contribution >= 0.6 is 0 Å². The highest BCUT2D eigenvalue weighted by atomic mass is 16.1. The Bertz CT molecular complexity index is 753. The molecule has 1 saturated carbocycles. The molecule has 1 aromatic carbocycles. The van der Waals surface area contributed by atoms with Gasteiger partial charge in [-0.05, 0) is 37.8 Å². The van der Waals surface area contributed by atoms with Gasteiger partial charge in [0.2, 0.25) is 0 Å². The number of hydrogen-bond donors (Lipinski definition) is 1. The third kappa shape index (κ3) is 3.23. The monoisotopic (exact) mass is 336 g/mol. The number of benzene rings is 1. The van der Waals surface area contributed by atoms with Crippen LogP contribution in [0.3, 0.4) is 0 Å². The van der Waals surface area contributed by atoms with Crippen LogP contribution in [0.15, 0.2) is 36.7 Å². The molecule has 1 fully saturated rings. The summed E-state index contributed by atoms with van der Waals surface area (Å²) in [6, 6.07) is 9.01. The summed E-state index contributed by atoms with van der Waals surface area (Å²) in [4.78, 5) is 23.5. The maximum absolute atomic E-state index is 12.4. The van der Waals surface area contributed by atoms with E-state index in [0.717, 1.165) is 25.1 Å². The summed E-state index contributed by atoms with van der Waals surface area (Å²) in [5.41, 5.74) is 2.91. The lowest BCUT2D eigenvalue weighted by Gasteiger charge is -2.24. The molecule has 0 radical (unpaired) electrons. The SMILES string of the molecule is CC1Cc2ccccc2N1c1cnc(C(=O)NC2CCCCC2)cn1. The topological polar surface area (TPSA) is 58.1 Å². The van der Waals surface area contributed by atoms with Gasteiger partial charge in [0, 0.05) is 17.8 Å². The molecule has 2 heterocycles. The van der Waals surface area contributed by atoms with E-state index in [0.29, 0.717) is 11.7 Å². The zero-order chi connectivity index (χ0) is 17.2. The Morgan fingerprint density at radius 2 is 1.92 bits per heavy atom. The van der Waals surface area contributed by atoms with Crippen LogP contribution in [0, 0.1) is 0 Å². The van der Waals surface area contributed by atoms with E-state index in [1.54, 1.807) is 12.4 Å². The summed E-state index contributed by atoms with van der Waals surface area (Å²) < 4.78 is 0. The van der Waals surface area contributed by atoms with Crippen molar-refractivity contribution in [2.24, 2.45) is 0 Å². The molecule has 25 heavy (non-hydrogen) atoms. The summed E-state index contributed by atoms with van der Waals surface area (Å²) in [7, 11) is 0. The number of carbonyl (C=O) groups excluding carboxylic acids is 1. The van der Waals surface area contributed by atoms with Crippen LogP contribution in [0.2, 0.25) is 0 Å². The molecular formula is C20H24N4O. The minimum Gasteiger partial charge on any atom is -0.348 e. The molecule has 0 spiro atoms. The molecule has 1 aliphatic heterocycles. The fourth-order valence-corrected chi connectivity index (χ4v) is 3.98. The lowest BCUT2D eigenvalue weighted by Crippen LogP contribution is -2.36. The summed E-state index contributed by atoms with van der Waals surface area (Å²) in [5, 5.41) is 3.09. The van der Waals surface area contributed by atoms with Crippen molar-refractivity contribution in [1.29, 1.82) is 0 Å². The third-order valence-corrected chi connectivity index (χ3v) is 5.27. The number of nitrogens with zero attached hydrogens (tertiary/aromatic N) is 3. The molecule has 1 unspecified atom stereocenters. The molecule has 1 aliphatic carbocycles. The first-order valence-corrected chi connectivity index (χ1v) is 9.22. The zero-order valence-corrected chi connectivity index (χ0v) is 14.6. The van der Waals surface area contributed by atoms with Crippen molar-refractivity contribution >= 4 is 17.4 Å². The molecule has 0 bridgehead atoms. The number of anilines is 2. The van der Waals surface area contributed by atoms with E-state index in [1.807, 2.05) is 6.07 Å². The summed E-state index contributed by atoms with van der Waals surface area (Å²) in [6.45, 7) is 2.19. The van der Waals surface area contributed by atoms with E-state index >= 15 is 0 Å². The van der Waals surface area contributed by atoms with Gasteiger partial charge < -0.3 is 10.2 Å². The highest BCUT2D eigenvalue weighted by Gasteiger charge is 2.28. The summed E-state index contributed by atoms with van der Waals surface area (Å²) in [5.74, 6) is 0.687. The Balaban J connectivity index is 1.49. The summed E-state index contributed by atoms with van der Waals surface area (Å²) >= 11 is 0. The first-order valence-electron chi connectivity index (χ1n) is 9.22. The molecule has 1 atom stereocenters. The Hall–Kier alpha value is -2.43. The maximum Gasteiger partial charge on any atom is 0.271 e. The van der Waals surface area contributed by atoms with Crippen LogP contribution in [0.5, 0.6) is 0 Å². The normalized spacial score (nSPS) is 20.4. The number of carbonyl (C=O) groups is 1. The number of aromatic nitrogens is 2. The first kappa shape index (κ1) is 16.1. The molecule has 130 valence electrons. The Labute approximate surface area is 148 Å². The molecule has 4 rings (SSSR count). The van der Waals surface area contributed by atoms with Crippen LogP contribution in [0.4, 0.5) is 11.5 Å². The quantitative estimate of drug-likeness (QED) is 0.930. The third-order valence-electron chi connectivity index (χ3n) is 5.27. The number of amides is 1. The highest BCUT2D eigenvalue weighted by Crippen LogP contribution is 2.36. The van der Waals surface area contributed by atoms with E-state index in [4.69, 9.17) is 0 Å². The number of para-hydroxylation sites is 1. The van der Waals surface area contributed by atoms with Gasteiger partial charge in [-0.15, -0.1) is 0 Å². The second-order valence-electron chi connectivity index (χ2n) is 7.12. The minimum absolute atomic E-state index is 0.110. The maximum atomic E-state index is 12.4. The van der Waals surface area contributed by atoms with Gasteiger partial charge in [-0.1, -0.05) is 37.5 Å². The van der Waals surface area contributed by atoms with Gasteiger partial charge in [0.25, 0.3) is 5.91 Å². The number of nitrogens with one attached hydrogen (secondary N) is 1. The van der Waals surface area contributed by atoms with E-state index in [1.165, 1.54) is 30.5 Å². The van der Waals surface area contributed by atoms with Crippen molar-refractivity contribution < 1.29 is 4.79 Å². The van der Waals surface area contributed by atoms with Gasteiger partial charge >= 0.3 is 0 Å². The summed E-state index contributed by atoms with van der Waals surface area (Å²) in [6.07, 6.45) is 10.1. The highest BCUT2D eigenvalue weighted by molar-refractivity contribution is 5.92. The van der Waals surface area contributed by atoms with Crippen molar-refractivity contribution in [1.82, 2.24) is 15.3 Å². The fraction of sp³-hybridized carbons (Fsp3) is 0.450. The lowest BCUT2D eigenvalue weighted by atomic mass is 9.95. The molecule has 2 aliphatic rings. The molecule has 1 aromatic heterocycles. The second-order valence-corrected chi connectivity index (χ2v) is 7.12. The largest absolute Gasteiger partial charge is 0.348 e. The Morgan fingerprint density at radius 1 is 1.12 bits per heavy atom. The van der Waals surface area contributed by atoms with Crippen molar-refractivity contribution in [2.75, 3.05) is 4.90 Å². The Morgan fingerprint density at radius 3 is 2.68 bits per heavy atom. The van der Waals surface area contributed by atoms with Gasteiger partial charge in [-0.3, -0.25) is 4.79 Å². The first-order chi connectivity index (χ1) is 12.2. The predicted molar refractivity (Wildman–Crippen MR) is 98.1 cm³/mol. The Kier molecular flexibility index (Phi) is 4.38. The van der Waals surface area contributed by atoms with Crippen LogP contribution in [-0.4, -0.2) is 28.0 Å². The van der Waals surface area contributed by atoms with Crippen molar-refractivity contribution in [3.63, 3.8) is 0 Å². The molecular weight excluding hydrogens is 312 g/mol. The smallest absolute Gasteiger partial charge is 0.271 e. The average Bonchev–Trinajstić information content (AvgIpc) is 2.98.